The van der Waals surface area contributed by atoms with E-state index in [0.717, 1.165) is 51.6 Å². The van der Waals surface area contributed by atoms with Crippen molar-refractivity contribution in [3.05, 3.63) is 131 Å². The molecule has 5 rings (SSSR count). The Kier molecular flexibility index (Phi) is 6.71. The molecule has 35 heavy (non-hydrogen) atoms. The van der Waals surface area contributed by atoms with Crippen LogP contribution in [0.5, 0.6) is 17.2 Å². The second-order valence-corrected chi connectivity index (χ2v) is 8.69. The van der Waals surface area contributed by atoms with E-state index in [1.165, 1.54) is 5.56 Å². The fourth-order valence-corrected chi connectivity index (χ4v) is 4.30. The van der Waals surface area contributed by atoms with Gasteiger partial charge in [-0.2, -0.15) is 0 Å². The van der Waals surface area contributed by atoms with Crippen molar-refractivity contribution < 1.29 is 14.2 Å². The highest BCUT2D eigenvalue weighted by Gasteiger charge is 2.21. The summed E-state index contributed by atoms with van der Waals surface area (Å²) in [6.45, 7) is 1.86. The van der Waals surface area contributed by atoms with Gasteiger partial charge in [-0.25, -0.2) is 0 Å². The van der Waals surface area contributed by atoms with E-state index < -0.39 is 0 Å². The lowest BCUT2D eigenvalue weighted by Gasteiger charge is -2.27. The second kappa shape index (κ2) is 10.4. The van der Waals surface area contributed by atoms with Crippen molar-refractivity contribution in [2.75, 3.05) is 14.2 Å². The normalized spacial score (nSPS) is 12.5. The maximum absolute atomic E-state index is 6.16. The third kappa shape index (κ3) is 5.33. The van der Waals surface area contributed by atoms with Crippen LogP contribution < -0.4 is 14.2 Å². The molecular formula is C31H29NO3. The molecule has 4 nitrogen and oxygen atoms in total. The fourth-order valence-electron chi connectivity index (χ4n) is 4.30. The Morgan fingerprint density at radius 1 is 0.714 bits per heavy atom. The summed E-state index contributed by atoms with van der Waals surface area (Å²) in [5.41, 5.74) is 6.92. The Labute approximate surface area is 207 Å². The van der Waals surface area contributed by atoms with Crippen molar-refractivity contribution in [2.24, 2.45) is 0 Å². The minimum atomic E-state index is 0.499. The van der Waals surface area contributed by atoms with Crippen molar-refractivity contribution in [1.29, 1.82) is 0 Å². The van der Waals surface area contributed by atoms with Crippen LogP contribution in [-0.4, -0.2) is 19.1 Å². The number of ether oxygens (including phenoxy) is 3. The minimum Gasteiger partial charge on any atom is -0.493 e. The summed E-state index contributed by atoms with van der Waals surface area (Å²) in [6.07, 6.45) is 2.19. The summed E-state index contributed by atoms with van der Waals surface area (Å²) in [4.78, 5) is 2.20. The first-order chi connectivity index (χ1) is 17.2. The molecule has 0 amide bonds. The first-order valence-electron chi connectivity index (χ1n) is 11.8. The highest BCUT2D eigenvalue weighted by atomic mass is 16.5. The molecule has 1 aliphatic rings. The van der Waals surface area contributed by atoms with Gasteiger partial charge in [0.05, 0.1) is 7.11 Å². The van der Waals surface area contributed by atoms with Gasteiger partial charge in [-0.1, -0.05) is 72.8 Å². The molecule has 0 spiro atoms. The van der Waals surface area contributed by atoms with Gasteiger partial charge in [0.25, 0.3) is 0 Å². The third-order valence-electron chi connectivity index (χ3n) is 6.10. The van der Waals surface area contributed by atoms with Crippen LogP contribution in [-0.2, 0) is 19.8 Å². The van der Waals surface area contributed by atoms with Gasteiger partial charge in [-0.15, -0.1) is 0 Å². The summed E-state index contributed by atoms with van der Waals surface area (Å²) >= 11 is 0. The molecule has 4 aromatic rings. The molecule has 0 atom stereocenters. The maximum Gasteiger partial charge on any atom is 0.162 e. The van der Waals surface area contributed by atoms with E-state index >= 15 is 0 Å². The zero-order chi connectivity index (χ0) is 24.0. The lowest BCUT2D eigenvalue weighted by atomic mass is 9.91. The quantitative estimate of drug-likeness (QED) is 0.291. The topological polar surface area (TPSA) is 30.9 Å². The molecular weight excluding hydrogens is 434 g/mol. The summed E-state index contributed by atoms with van der Waals surface area (Å²) < 4.78 is 17.8. The van der Waals surface area contributed by atoms with Crippen LogP contribution in [0, 0.1) is 0 Å². The monoisotopic (exact) mass is 463 g/mol. The van der Waals surface area contributed by atoms with Gasteiger partial charge in [-0.05, 0) is 52.1 Å². The molecule has 0 N–H and O–H groups in total. The number of fused-ring (bicyclic) bond motifs is 1. The van der Waals surface area contributed by atoms with Gasteiger partial charge in [0.15, 0.2) is 11.5 Å². The SMILES string of the molecule is COc1cc2c(cc1OCc1ccccc1)CN(C)C=C2c1ccc(OCc2ccccc2)cc1. The molecule has 4 heteroatoms. The van der Waals surface area contributed by atoms with E-state index in [1.807, 2.05) is 48.5 Å². The van der Waals surface area contributed by atoms with Crippen molar-refractivity contribution in [3.8, 4) is 17.2 Å². The van der Waals surface area contributed by atoms with Crippen LogP contribution in [0.1, 0.15) is 27.8 Å². The number of nitrogens with zero attached hydrogens (tertiary/aromatic N) is 1. The van der Waals surface area contributed by atoms with Crippen LogP contribution in [0.3, 0.4) is 0 Å². The van der Waals surface area contributed by atoms with Crippen LogP contribution in [0.25, 0.3) is 5.57 Å². The molecule has 0 fully saturated rings. The van der Waals surface area contributed by atoms with E-state index in [-0.39, 0.29) is 0 Å². The average Bonchev–Trinajstić information content (AvgIpc) is 2.91. The number of hydrogen-bond donors (Lipinski definition) is 0. The highest BCUT2D eigenvalue weighted by molar-refractivity contribution is 5.83. The standard InChI is InChI=1S/C31H29NO3/c1-32-19-26-17-31(35-22-24-11-7-4-8-12-24)30(33-2)18-28(26)29(20-32)25-13-15-27(16-14-25)34-21-23-9-5-3-6-10-23/h3-18,20H,19,21-22H2,1-2H3. The number of hydrogen-bond acceptors (Lipinski definition) is 4. The molecule has 1 aliphatic heterocycles. The minimum absolute atomic E-state index is 0.499. The van der Waals surface area contributed by atoms with E-state index in [2.05, 4.69) is 66.7 Å². The zero-order valence-electron chi connectivity index (χ0n) is 20.1. The van der Waals surface area contributed by atoms with Gasteiger partial charge in [0.2, 0.25) is 0 Å². The van der Waals surface area contributed by atoms with Gasteiger partial charge in [-0.3, -0.25) is 0 Å². The van der Waals surface area contributed by atoms with Crippen LogP contribution in [0.4, 0.5) is 0 Å². The molecule has 0 bridgehead atoms. The number of benzene rings is 4. The third-order valence-corrected chi connectivity index (χ3v) is 6.10. The van der Waals surface area contributed by atoms with E-state index in [1.54, 1.807) is 7.11 Å². The van der Waals surface area contributed by atoms with E-state index in [4.69, 9.17) is 14.2 Å². The highest BCUT2D eigenvalue weighted by Crippen LogP contribution is 2.39. The Bertz CT molecular complexity index is 1300. The molecule has 0 saturated heterocycles. The van der Waals surface area contributed by atoms with Gasteiger partial charge >= 0.3 is 0 Å². The Hall–Kier alpha value is -4.18. The summed E-state index contributed by atoms with van der Waals surface area (Å²) in [6, 6.07) is 32.9. The van der Waals surface area contributed by atoms with Gasteiger partial charge < -0.3 is 19.1 Å². The fraction of sp³-hybridized carbons (Fsp3) is 0.161. The van der Waals surface area contributed by atoms with Crippen molar-refractivity contribution in [1.82, 2.24) is 4.90 Å². The average molecular weight is 464 g/mol. The van der Waals surface area contributed by atoms with Crippen molar-refractivity contribution in [3.63, 3.8) is 0 Å². The smallest absolute Gasteiger partial charge is 0.162 e. The Balaban J connectivity index is 1.37. The van der Waals surface area contributed by atoms with Crippen molar-refractivity contribution in [2.45, 2.75) is 19.8 Å². The largest absolute Gasteiger partial charge is 0.493 e. The first-order valence-corrected chi connectivity index (χ1v) is 11.8. The summed E-state index contributed by atoms with van der Waals surface area (Å²) in [5.74, 6) is 2.34. The van der Waals surface area contributed by atoms with Crippen LogP contribution >= 0.6 is 0 Å². The lowest BCUT2D eigenvalue weighted by Crippen LogP contribution is -2.18. The maximum atomic E-state index is 6.16. The van der Waals surface area contributed by atoms with E-state index in [0.29, 0.717) is 13.2 Å². The van der Waals surface area contributed by atoms with Gasteiger partial charge in [0.1, 0.15) is 19.0 Å². The van der Waals surface area contributed by atoms with Crippen LogP contribution in [0.2, 0.25) is 0 Å². The van der Waals surface area contributed by atoms with Crippen molar-refractivity contribution >= 4 is 5.57 Å². The lowest BCUT2D eigenvalue weighted by molar-refractivity contribution is 0.283. The van der Waals surface area contributed by atoms with Crippen LogP contribution in [0.15, 0.2) is 103 Å². The number of methoxy groups -OCH3 is 1. The summed E-state index contributed by atoms with van der Waals surface area (Å²) in [5, 5.41) is 0. The predicted molar refractivity (Wildman–Crippen MR) is 140 cm³/mol. The molecule has 0 unspecified atom stereocenters. The molecule has 176 valence electrons. The number of rotatable bonds is 8. The molecule has 1 heterocycles. The Morgan fingerprint density at radius 2 is 1.34 bits per heavy atom. The van der Waals surface area contributed by atoms with E-state index in [9.17, 15) is 0 Å². The Morgan fingerprint density at radius 3 is 1.97 bits per heavy atom. The second-order valence-electron chi connectivity index (χ2n) is 8.69. The molecule has 0 saturated carbocycles. The molecule has 0 aliphatic carbocycles. The van der Waals surface area contributed by atoms with Gasteiger partial charge in [0, 0.05) is 25.4 Å². The predicted octanol–water partition coefficient (Wildman–Crippen LogP) is 6.69. The summed E-state index contributed by atoms with van der Waals surface area (Å²) in [7, 11) is 3.78. The molecule has 0 aromatic heterocycles. The zero-order valence-corrected chi connectivity index (χ0v) is 20.1. The first kappa shape index (κ1) is 22.6. The molecule has 4 aromatic carbocycles. The molecule has 0 radical (unpaired) electrons.